The molecule has 0 bridgehead atoms. The van der Waals surface area contributed by atoms with Gasteiger partial charge in [0.15, 0.2) is 0 Å². The Kier molecular flexibility index (Phi) is 5.10. The molecule has 0 N–H and O–H groups in total. The summed E-state index contributed by atoms with van der Waals surface area (Å²) < 4.78 is 5.48. The van der Waals surface area contributed by atoms with Crippen LogP contribution in [0.15, 0.2) is 36.1 Å². The second-order valence-corrected chi connectivity index (χ2v) is 4.92. The first-order chi connectivity index (χ1) is 7.58. The lowest BCUT2D eigenvalue weighted by Crippen LogP contribution is -1.95. The van der Waals surface area contributed by atoms with Gasteiger partial charge in [-0.05, 0) is 42.9 Å². The number of hydrogen-bond donors (Lipinski definition) is 0. The third-order valence-corrected chi connectivity index (χ3v) is 2.20. The Morgan fingerprint density at radius 3 is 2.56 bits per heavy atom. The summed E-state index contributed by atoms with van der Waals surface area (Å²) in [5.74, 6) is 0.703. The Bertz CT molecular complexity index is 346. The van der Waals surface area contributed by atoms with E-state index in [-0.39, 0.29) is 0 Å². The van der Waals surface area contributed by atoms with Crippen molar-refractivity contribution in [2.45, 2.75) is 40.7 Å². The minimum absolute atomic E-state index is 0.664. The van der Waals surface area contributed by atoms with E-state index in [0.717, 1.165) is 6.42 Å². The van der Waals surface area contributed by atoms with Crippen LogP contribution in [-0.2, 0) is 17.8 Å². The molecular formula is C15H22O. The lowest BCUT2D eigenvalue weighted by atomic mass is 10.0. The molecule has 1 nitrogen and oxygen atoms in total. The molecule has 1 aromatic carbocycles. The van der Waals surface area contributed by atoms with Gasteiger partial charge in [-0.3, -0.25) is 0 Å². The molecule has 88 valence electrons. The molecule has 0 unspecified atom stereocenters. The van der Waals surface area contributed by atoms with E-state index in [1.165, 1.54) is 16.7 Å². The highest BCUT2D eigenvalue weighted by molar-refractivity contribution is 5.23. The van der Waals surface area contributed by atoms with Crippen LogP contribution in [0.25, 0.3) is 0 Å². The van der Waals surface area contributed by atoms with Gasteiger partial charge in [-0.15, -0.1) is 0 Å². The van der Waals surface area contributed by atoms with E-state index in [1.807, 2.05) is 20.1 Å². The molecule has 0 aromatic heterocycles. The summed E-state index contributed by atoms with van der Waals surface area (Å²) in [5, 5.41) is 0. The normalized spacial score (nSPS) is 10.3. The summed E-state index contributed by atoms with van der Waals surface area (Å²) in [5.41, 5.74) is 3.84. The number of ether oxygens (including phenoxy) is 1. The summed E-state index contributed by atoms with van der Waals surface area (Å²) >= 11 is 0. The average Bonchev–Trinajstić information content (AvgIpc) is 2.16. The molecule has 1 rings (SSSR count). The van der Waals surface area contributed by atoms with Crippen LogP contribution in [0.4, 0.5) is 0 Å². The third-order valence-electron chi connectivity index (χ3n) is 2.20. The Morgan fingerprint density at radius 1 is 1.25 bits per heavy atom. The third kappa shape index (κ3) is 5.01. The van der Waals surface area contributed by atoms with E-state index >= 15 is 0 Å². The van der Waals surface area contributed by atoms with Crippen LogP contribution < -0.4 is 0 Å². The SMILES string of the molecule is CC(C)=COCc1cccc(CC(C)C)c1. The maximum Gasteiger partial charge on any atom is 0.112 e. The molecule has 0 aliphatic heterocycles. The highest BCUT2D eigenvalue weighted by atomic mass is 16.5. The molecule has 0 aliphatic carbocycles. The zero-order valence-electron chi connectivity index (χ0n) is 10.8. The molecule has 0 spiro atoms. The second-order valence-electron chi connectivity index (χ2n) is 4.92. The quantitative estimate of drug-likeness (QED) is 0.668. The summed E-state index contributed by atoms with van der Waals surface area (Å²) in [4.78, 5) is 0. The topological polar surface area (TPSA) is 9.23 Å². The zero-order chi connectivity index (χ0) is 12.0. The maximum absolute atomic E-state index is 5.48. The Hall–Kier alpha value is -1.24. The minimum Gasteiger partial charge on any atom is -0.497 e. The van der Waals surface area contributed by atoms with Gasteiger partial charge < -0.3 is 4.74 Å². The van der Waals surface area contributed by atoms with Gasteiger partial charge in [0.05, 0.1) is 6.26 Å². The standard InChI is InChI=1S/C15H22O/c1-12(2)8-14-6-5-7-15(9-14)11-16-10-13(3)4/h5-7,9-10,12H,8,11H2,1-4H3. The minimum atomic E-state index is 0.664. The maximum atomic E-state index is 5.48. The fraction of sp³-hybridized carbons (Fsp3) is 0.467. The monoisotopic (exact) mass is 218 g/mol. The Labute approximate surface area is 99.1 Å². The molecule has 0 atom stereocenters. The fourth-order valence-corrected chi connectivity index (χ4v) is 1.62. The van der Waals surface area contributed by atoms with Gasteiger partial charge in [0.25, 0.3) is 0 Å². The van der Waals surface area contributed by atoms with E-state index < -0.39 is 0 Å². The molecular weight excluding hydrogens is 196 g/mol. The van der Waals surface area contributed by atoms with Crippen LogP contribution in [0, 0.1) is 5.92 Å². The molecule has 0 fully saturated rings. The number of benzene rings is 1. The smallest absolute Gasteiger partial charge is 0.112 e. The van der Waals surface area contributed by atoms with E-state index in [0.29, 0.717) is 12.5 Å². The van der Waals surface area contributed by atoms with Crippen molar-refractivity contribution in [3.63, 3.8) is 0 Å². The molecule has 16 heavy (non-hydrogen) atoms. The number of rotatable bonds is 5. The number of allylic oxidation sites excluding steroid dienone is 1. The molecule has 0 aliphatic rings. The van der Waals surface area contributed by atoms with Gasteiger partial charge in [-0.2, -0.15) is 0 Å². The molecule has 1 aromatic rings. The van der Waals surface area contributed by atoms with E-state index in [1.54, 1.807) is 0 Å². The number of hydrogen-bond acceptors (Lipinski definition) is 1. The van der Waals surface area contributed by atoms with Gasteiger partial charge in [0.2, 0.25) is 0 Å². The molecule has 0 heterocycles. The van der Waals surface area contributed by atoms with Gasteiger partial charge in [-0.1, -0.05) is 38.1 Å². The lowest BCUT2D eigenvalue weighted by Gasteiger charge is -2.07. The van der Waals surface area contributed by atoms with Crippen LogP contribution in [0.2, 0.25) is 0 Å². The van der Waals surface area contributed by atoms with Crippen molar-refractivity contribution in [3.05, 3.63) is 47.2 Å². The van der Waals surface area contributed by atoms with Crippen LogP contribution in [0.5, 0.6) is 0 Å². The predicted octanol–water partition coefficient (Wildman–Crippen LogP) is 4.33. The van der Waals surface area contributed by atoms with Crippen molar-refractivity contribution in [1.29, 1.82) is 0 Å². The lowest BCUT2D eigenvalue weighted by molar-refractivity contribution is 0.233. The van der Waals surface area contributed by atoms with Crippen molar-refractivity contribution in [3.8, 4) is 0 Å². The van der Waals surface area contributed by atoms with E-state index in [2.05, 4.69) is 38.1 Å². The van der Waals surface area contributed by atoms with Crippen LogP contribution in [0.3, 0.4) is 0 Å². The average molecular weight is 218 g/mol. The molecule has 1 heteroatoms. The van der Waals surface area contributed by atoms with Crippen molar-refractivity contribution >= 4 is 0 Å². The first-order valence-corrected chi connectivity index (χ1v) is 5.90. The fourth-order valence-electron chi connectivity index (χ4n) is 1.62. The molecule has 0 amide bonds. The van der Waals surface area contributed by atoms with Gasteiger partial charge in [0, 0.05) is 0 Å². The van der Waals surface area contributed by atoms with Gasteiger partial charge in [-0.25, -0.2) is 0 Å². The Morgan fingerprint density at radius 2 is 1.94 bits per heavy atom. The highest BCUT2D eigenvalue weighted by Crippen LogP contribution is 2.11. The summed E-state index contributed by atoms with van der Waals surface area (Å²) in [6, 6.07) is 8.64. The summed E-state index contributed by atoms with van der Waals surface area (Å²) in [6.45, 7) is 9.22. The van der Waals surface area contributed by atoms with Crippen molar-refractivity contribution in [1.82, 2.24) is 0 Å². The molecule has 0 saturated carbocycles. The van der Waals surface area contributed by atoms with E-state index in [4.69, 9.17) is 4.74 Å². The highest BCUT2D eigenvalue weighted by Gasteiger charge is 1.99. The largest absolute Gasteiger partial charge is 0.497 e. The predicted molar refractivity (Wildman–Crippen MR) is 69.2 cm³/mol. The summed E-state index contributed by atoms with van der Waals surface area (Å²) in [6.07, 6.45) is 2.95. The molecule has 0 radical (unpaired) electrons. The van der Waals surface area contributed by atoms with Crippen molar-refractivity contribution in [2.24, 2.45) is 5.92 Å². The van der Waals surface area contributed by atoms with Crippen molar-refractivity contribution in [2.75, 3.05) is 0 Å². The first-order valence-electron chi connectivity index (χ1n) is 5.90. The zero-order valence-corrected chi connectivity index (χ0v) is 10.8. The van der Waals surface area contributed by atoms with Crippen LogP contribution in [-0.4, -0.2) is 0 Å². The van der Waals surface area contributed by atoms with Crippen molar-refractivity contribution < 1.29 is 4.74 Å². The van der Waals surface area contributed by atoms with Gasteiger partial charge >= 0.3 is 0 Å². The van der Waals surface area contributed by atoms with Gasteiger partial charge in [0.1, 0.15) is 6.61 Å². The van der Waals surface area contributed by atoms with Crippen LogP contribution in [0.1, 0.15) is 38.8 Å². The van der Waals surface area contributed by atoms with E-state index in [9.17, 15) is 0 Å². The molecule has 0 saturated heterocycles. The summed E-state index contributed by atoms with van der Waals surface area (Å²) in [7, 11) is 0. The Balaban J connectivity index is 2.57. The van der Waals surface area contributed by atoms with Crippen LogP contribution >= 0.6 is 0 Å². The second kappa shape index (κ2) is 6.37. The first kappa shape index (κ1) is 12.8.